The Morgan fingerprint density at radius 3 is 1.64 bits per heavy atom. The van der Waals surface area contributed by atoms with Gasteiger partial charge in [0, 0.05) is 38.2 Å². The predicted molar refractivity (Wildman–Crippen MR) is 202 cm³/mol. The molecule has 0 unspecified atom stereocenters. The second-order valence-electron chi connectivity index (χ2n) is 12.4. The van der Waals surface area contributed by atoms with Crippen molar-refractivity contribution in [2.45, 2.75) is 0 Å². The first kappa shape index (κ1) is 28.2. The molecule has 10 aromatic rings. The van der Waals surface area contributed by atoms with Crippen LogP contribution >= 0.6 is 0 Å². The van der Waals surface area contributed by atoms with Crippen LogP contribution in [0.15, 0.2) is 173 Å². The lowest BCUT2D eigenvalue weighted by atomic mass is 9.95. The molecule has 0 aliphatic rings. The van der Waals surface area contributed by atoms with Crippen LogP contribution in [0.2, 0.25) is 0 Å². The number of fused-ring (bicyclic) bond motifs is 6. The molecule has 0 N–H and O–H groups in total. The summed E-state index contributed by atoms with van der Waals surface area (Å²) in [5.41, 5.74) is 10.1. The monoisotopic (exact) mass is 641 g/mol. The fraction of sp³-hybridized carbons (Fsp3) is 0. The van der Waals surface area contributed by atoms with E-state index in [1.54, 1.807) is 0 Å². The SMILES string of the molecule is c1ccc(-c2cc(-c3ccccc3)c3oc4cccc(-c5nc(-c6ccccc6)nc(-c6cccc7c6oc6ccccc67)n5)c4c3c2)cc1. The Hall–Kier alpha value is -6.85. The van der Waals surface area contributed by atoms with Crippen LogP contribution in [0.4, 0.5) is 0 Å². The largest absolute Gasteiger partial charge is 0.455 e. The third-order valence-corrected chi connectivity index (χ3v) is 9.34. The first-order chi connectivity index (χ1) is 24.8. The zero-order chi connectivity index (χ0) is 33.0. The maximum absolute atomic E-state index is 6.73. The van der Waals surface area contributed by atoms with Crippen molar-refractivity contribution in [2.75, 3.05) is 0 Å². The fourth-order valence-corrected chi connectivity index (χ4v) is 7.00. The number of furan rings is 2. The summed E-state index contributed by atoms with van der Waals surface area (Å²) in [5, 5.41) is 4.03. The third-order valence-electron chi connectivity index (χ3n) is 9.34. The number of benzene rings is 7. The standard InChI is InChI=1S/C45H27N3O2/c1-4-14-28(15-5-1)31-26-36(29-16-6-2-7-17-29)42-37(27-31)40-34(22-13-25-39(40)50-42)44-46-43(30-18-8-3-9-19-30)47-45(48-44)35-23-12-21-33-32-20-10-11-24-38(32)49-41(33)35/h1-27H. The summed E-state index contributed by atoms with van der Waals surface area (Å²) in [4.78, 5) is 15.4. The topological polar surface area (TPSA) is 65.0 Å². The molecule has 5 nitrogen and oxygen atoms in total. The predicted octanol–water partition coefficient (Wildman–Crippen LogP) is 12.0. The Morgan fingerprint density at radius 1 is 0.320 bits per heavy atom. The molecule has 7 aromatic carbocycles. The lowest BCUT2D eigenvalue weighted by Gasteiger charge is -2.10. The molecule has 0 bridgehead atoms. The second kappa shape index (κ2) is 11.4. The fourth-order valence-electron chi connectivity index (χ4n) is 7.00. The zero-order valence-electron chi connectivity index (χ0n) is 26.7. The van der Waals surface area contributed by atoms with Gasteiger partial charge in [0.15, 0.2) is 17.5 Å². The molecule has 0 aliphatic carbocycles. The van der Waals surface area contributed by atoms with E-state index in [1.165, 1.54) is 0 Å². The van der Waals surface area contributed by atoms with Crippen molar-refractivity contribution in [1.82, 2.24) is 15.0 Å². The molecule has 0 aliphatic heterocycles. The summed E-state index contributed by atoms with van der Waals surface area (Å²) in [6.07, 6.45) is 0. The molecule has 0 saturated carbocycles. The van der Waals surface area contributed by atoms with Crippen LogP contribution in [-0.4, -0.2) is 15.0 Å². The van der Waals surface area contributed by atoms with E-state index in [2.05, 4.69) is 78.9 Å². The van der Waals surface area contributed by atoms with Crippen molar-refractivity contribution in [3.05, 3.63) is 164 Å². The van der Waals surface area contributed by atoms with Crippen molar-refractivity contribution in [3.63, 3.8) is 0 Å². The van der Waals surface area contributed by atoms with Gasteiger partial charge in [0.25, 0.3) is 0 Å². The lowest BCUT2D eigenvalue weighted by Crippen LogP contribution is -2.00. The van der Waals surface area contributed by atoms with Gasteiger partial charge in [-0.05, 0) is 47.0 Å². The smallest absolute Gasteiger partial charge is 0.167 e. The highest BCUT2D eigenvalue weighted by Crippen LogP contribution is 2.43. The molecule has 50 heavy (non-hydrogen) atoms. The Labute approximate surface area is 287 Å². The van der Waals surface area contributed by atoms with Crippen LogP contribution in [-0.2, 0) is 0 Å². The molecule has 0 saturated heterocycles. The molecule has 0 fully saturated rings. The lowest BCUT2D eigenvalue weighted by molar-refractivity contribution is 0.669. The molecule has 10 rings (SSSR count). The van der Waals surface area contributed by atoms with Crippen molar-refractivity contribution < 1.29 is 8.83 Å². The van der Waals surface area contributed by atoms with E-state index in [0.717, 1.165) is 82.8 Å². The van der Waals surface area contributed by atoms with Gasteiger partial charge in [-0.3, -0.25) is 0 Å². The molecule has 3 heterocycles. The van der Waals surface area contributed by atoms with Crippen molar-refractivity contribution in [2.24, 2.45) is 0 Å². The van der Waals surface area contributed by atoms with Crippen LogP contribution in [0.5, 0.6) is 0 Å². The summed E-state index contributed by atoms with van der Waals surface area (Å²) in [7, 11) is 0. The van der Waals surface area contributed by atoms with Gasteiger partial charge in [0.1, 0.15) is 22.3 Å². The minimum Gasteiger partial charge on any atom is -0.455 e. The minimum absolute atomic E-state index is 0.540. The average Bonchev–Trinajstić information content (AvgIpc) is 3.77. The van der Waals surface area contributed by atoms with Crippen LogP contribution in [0.3, 0.4) is 0 Å². The van der Waals surface area contributed by atoms with Gasteiger partial charge >= 0.3 is 0 Å². The van der Waals surface area contributed by atoms with Crippen LogP contribution in [0.1, 0.15) is 0 Å². The Kier molecular flexibility index (Phi) is 6.42. The van der Waals surface area contributed by atoms with Crippen LogP contribution < -0.4 is 0 Å². The molecular formula is C45H27N3O2. The van der Waals surface area contributed by atoms with E-state index >= 15 is 0 Å². The molecule has 0 amide bonds. The Balaban J connectivity index is 1.27. The summed E-state index contributed by atoms with van der Waals surface area (Å²) >= 11 is 0. The highest BCUT2D eigenvalue weighted by atomic mass is 16.3. The summed E-state index contributed by atoms with van der Waals surface area (Å²) in [6.45, 7) is 0. The summed E-state index contributed by atoms with van der Waals surface area (Å²) in [5.74, 6) is 1.68. The molecule has 5 heteroatoms. The van der Waals surface area contributed by atoms with Gasteiger partial charge in [0.05, 0.1) is 5.56 Å². The third kappa shape index (κ3) is 4.60. The number of hydrogen-bond acceptors (Lipinski definition) is 5. The van der Waals surface area contributed by atoms with Gasteiger partial charge in [-0.15, -0.1) is 0 Å². The van der Waals surface area contributed by atoms with Gasteiger partial charge in [0.2, 0.25) is 0 Å². The number of para-hydroxylation sites is 2. The Morgan fingerprint density at radius 2 is 0.860 bits per heavy atom. The number of hydrogen-bond donors (Lipinski definition) is 0. The Bertz CT molecular complexity index is 2860. The first-order valence-corrected chi connectivity index (χ1v) is 16.6. The zero-order valence-corrected chi connectivity index (χ0v) is 26.7. The molecule has 234 valence electrons. The van der Waals surface area contributed by atoms with E-state index in [-0.39, 0.29) is 0 Å². The average molecular weight is 642 g/mol. The minimum atomic E-state index is 0.540. The van der Waals surface area contributed by atoms with E-state index in [1.807, 2.05) is 84.9 Å². The van der Waals surface area contributed by atoms with E-state index in [4.69, 9.17) is 23.8 Å². The maximum Gasteiger partial charge on any atom is 0.167 e. The number of nitrogens with zero attached hydrogens (tertiary/aromatic N) is 3. The second-order valence-corrected chi connectivity index (χ2v) is 12.4. The van der Waals surface area contributed by atoms with Gasteiger partial charge < -0.3 is 8.83 Å². The van der Waals surface area contributed by atoms with Crippen LogP contribution in [0, 0.1) is 0 Å². The highest BCUT2D eigenvalue weighted by molar-refractivity contribution is 6.16. The van der Waals surface area contributed by atoms with Gasteiger partial charge in [-0.2, -0.15) is 0 Å². The van der Waals surface area contributed by atoms with Crippen molar-refractivity contribution in [1.29, 1.82) is 0 Å². The summed E-state index contributed by atoms with van der Waals surface area (Å²) < 4.78 is 13.2. The summed E-state index contributed by atoms with van der Waals surface area (Å²) in [6, 6.07) is 55.7. The van der Waals surface area contributed by atoms with Gasteiger partial charge in [-0.1, -0.05) is 133 Å². The van der Waals surface area contributed by atoms with E-state index < -0.39 is 0 Å². The maximum atomic E-state index is 6.73. The van der Waals surface area contributed by atoms with Crippen LogP contribution in [0.25, 0.3) is 100 Å². The molecule has 0 spiro atoms. The number of aromatic nitrogens is 3. The van der Waals surface area contributed by atoms with Crippen molar-refractivity contribution >= 4 is 43.9 Å². The molecule has 0 atom stereocenters. The molecular weight excluding hydrogens is 615 g/mol. The van der Waals surface area contributed by atoms with Crippen molar-refractivity contribution in [3.8, 4) is 56.4 Å². The van der Waals surface area contributed by atoms with E-state index in [0.29, 0.717) is 17.5 Å². The molecule has 3 aromatic heterocycles. The van der Waals surface area contributed by atoms with Gasteiger partial charge in [-0.25, -0.2) is 15.0 Å². The number of rotatable bonds is 5. The first-order valence-electron chi connectivity index (χ1n) is 16.6. The molecule has 0 radical (unpaired) electrons. The van der Waals surface area contributed by atoms with E-state index in [9.17, 15) is 0 Å². The highest BCUT2D eigenvalue weighted by Gasteiger charge is 2.22. The quantitative estimate of drug-likeness (QED) is 0.187. The normalized spacial score (nSPS) is 11.6.